The van der Waals surface area contributed by atoms with E-state index in [1.807, 2.05) is 0 Å². The average molecular weight is 266 g/mol. The minimum absolute atomic E-state index is 0.217. The molecule has 18 heavy (non-hydrogen) atoms. The van der Waals surface area contributed by atoms with E-state index in [-0.39, 0.29) is 12.8 Å². The first-order valence-electron chi connectivity index (χ1n) is 4.77. The summed E-state index contributed by atoms with van der Waals surface area (Å²) in [6, 6.07) is -1.71. The first-order chi connectivity index (χ1) is 8.20. The first kappa shape index (κ1) is 15.6. The molecule has 0 aliphatic heterocycles. The molecule has 0 fully saturated rings. The molecule has 0 heterocycles. The van der Waals surface area contributed by atoms with E-state index in [4.69, 9.17) is 0 Å². The van der Waals surface area contributed by atoms with Crippen LogP contribution in [0.1, 0.15) is 26.2 Å². The van der Waals surface area contributed by atoms with E-state index in [2.05, 4.69) is 0 Å². The second kappa shape index (κ2) is 5.79. The molecule has 0 aromatic carbocycles. The maximum Gasteiger partial charge on any atom is 0.706 e. The molecule has 0 rings (SSSR count). The zero-order chi connectivity index (χ0) is 14.5. The molecule has 0 aliphatic rings. The molecule has 1 unspecified atom stereocenters. The zero-order valence-corrected chi connectivity index (χ0v) is 9.25. The lowest BCUT2D eigenvalue weighted by Gasteiger charge is -2.11. The summed E-state index contributed by atoms with van der Waals surface area (Å²) >= 11 is 0. The minimum atomic E-state index is -3.77. The number of nitrogens with zero attached hydrogens (tertiary/aromatic N) is 4. The highest BCUT2D eigenvalue weighted by atomic mass is 16.7. The van der Waals surface area contributed by atoms with Crippen LogP contribution in [0, 0.1) is 40.5 Å². The average Bonchev–Trinajstić information content (AvgIpc) is 2.21. The van der Waals surface area contributed by atoms with E-state index < -0.39 is 37.9 Å². The Balaban J connectivity index is 5.46. The second-order valence-electron chi connectivity index (χ2n) is 3.48. The van der Waals surface area contributed by atoms with Crippen molar-refractivity contribution < 1.29 is 19.7 Å². The van der Waals surface area contributed by atoms with Crippen LogP contribution in [0.5, 0.6) is 0 Å². The highest BCUT2D eigenvalue weighted by molar-refractivity contribution is 4.64. The van der Waals surface area contributed by atoms with Crippen molar-refractivity contribution in [3.63, 3.8) is 0 Å². The van der Waals surface area contributed by atoms with Gasteiger partial charge in [0.15, 0.2) is 14.8 Å². The number of rotatable bonds is 8. The van der Waals surface area contributed by atoms with Gasteiger partial charge < -0.3 is 0 Å². The summed E-state index contributed by atoms with van der Waals surface area (Å²) in [4.78, 5) is 36.2. The molecule has 0 saturated heterocycles. The Morgan fingerprint density at radius 1 is 0.944 bits per heavy atom. The zero-order valence-electron chi connectivity index (χ0n) is 9.25. The smallest absolute Gasteiger partial charge is 0.264 e. The predicted octanol–water partition coefficient (Wildman–Crippen LogP) is 0.306. The van der Waals surface area contributed by atoms with Crippen molar-refractivity contribution in [1.82, 2.24) is 0 Å². The predicted molar refractivity (Wildman–Crippen MR) is 54.0 cm³/mol. The highest BCUT2D eigenvalue weighted by Crippen LogP contribution is 2.22. The molecular formula is C6H10N4O8. The molecule has 0 amide bonds. The van der Waals surface area contributed by atoms with E-state index in [0.717, 1.165) is 0 Å². The van der Waals surface area contributed by atoms with E-state index in [9.17, 15) is 40.5 Å². The lowest BCUT2D eigenvalue weighted by Crippen LogP contribution is -2.55. The quantitative estimate of drug-likeness (QED) is 0.342. The number of hydrogen-bond acceptors (Lipinski definition) is 8. The Hall–Kier alpha value is -2.40. The Morgan fingerprint density at radius 3 is 1.56 bits per heavy atom. The molecule has 0 spiro atoms. The van der Waals surface area contributed by atoms with Crippen molar-refractivity contribution in [2.24, 2.45) is 0 Å². The Morgan fingerprint density at radius 2 is 1.33 bits per heavy atom. The van der Waals surface area contributed by atoms with E-state index >= 15 is 0 Å². The van der Waals surface area contributed by atoms with Crippen molar-refractivity contribution >= 4 is 0 Å². The van der Waals surface area contributed by atoms with Gasteiger partial charge in [-0.3, -0.25) is 40.5 Å². The Labute approximate surface area is 99.2 Å². The van der Waals surface area contributed by atoms with Crippen LogP contribution in [0.3, 0.4) is 0 Å². The van der Waals surface area contributed by atoms with Gasteiger partial charge in [-0.25, -0.2) is 0 Å². The number of nitro groups is 4. The van der Waals surface area contributed by atoms with Crippen molar-refractivity contribution in [3.8, 4) is 0 Å². The molecule has 0 aromatic heterocycles. The lowest BCUT2D eigenvalue weighted by molar-refractivity contribution is -0.973. The van der Waals surface area contributed by atoms with Crippen LogP contribution in [0.25, 0.3) is 0 Å². The summed E-state index contributed by atoms with van der Waals surface area (Å²) in [6.07, 6.45) is -1.39. The van der Waals surface area contributed by atoms with Crippen LogP contribution in [0.4, 0.5) is 0 Å². The van der Waals surface area contributed by atoms with Gasteiger partial charge in [-0.15, -0.1) is 0 Å². The van der Waals surface area contributed by atoms with Crippen molar-refractivity contribution in [3.05, 3.63) is 40.5 Å². The summed E-state index contributed by atoms with van der Waals surface area (Å²) in [6.45, 7) is 1.52. The highest BCUT2D eigenvalue weighted by Gasteiger charge is 2.72. The summed E-state index contributed by atoms with van der Waals surface area (Å²) < 4.78 is 0. The van der Waals surface area contributed by atoms with Gasteiger partial charge in [0.1, 0.15) is 0 Å². The molecule has 102 valence electrons. The van der Waals surface area contributed by atoms with E-state index in [1.54, 1.807) is 0 Å². The third-order valence-corrected chi connectivity index (χ3v) is 2.31. The Kier molecular flexibility index (Phi) is 5.02. The Bertz CT molecular complexity index is 346. The summed E-state index contributed by atoms with van der Waals surface area (Å²) in [5, 5.41) is 42.3. The van der Waals surface area contributed by atoms with Gasteiger partial charge in [-0.1, -0.05) is 6.92 Å². The maximum absolute atomic E-state index is 10.6. The molecule has 0 aliphatic carbocycles. The van der Waals surface area contributed by atoms with Gasteiger partial charge in [0.05, 0.1) is 0 Å². The van der Waals surface area contributed by atoms with Gasteiger partial charge in [0, 0.05) is 11.3 Å². The standard InChI is InChI=1S/C6H10N4O8/c1-2-3-5(7(11)12)4-6(8(13)14,9(15)16)10(17)18/h5H,2-4H2,1H3. The monoisotopic (exact) mass is 266 g/mol. The number of hydrogen-bond donors (Lipinski definition) is 0. The van der Waals surface area contributed by atoms with Crippen molar-refractivity contribution in [2.75, 3.05) is 0 Å². The molecule has 12 heteroatoms. The maximum atomic E-state index is 10.6. The van der Waals surface area contributed by atoms with E-state index in [0.29, 0.717) is 0 Å². The fraction of sp³-hybridized carbons (Fsp3) is 1.00. The van der Waals surface area contributed by atoms with Crippen LogP contribution < -0.4 is 0 Å². The third-order valence-electron chi connectivity index (χ3n) is 2.31. The van der Waals surface area contributed by atoms with Gasteiger partial charge in [0.25, 0.3) is 0 Å². The summed E-state index contributed by atoms with van der Waals surface area (Å²) in [5.41, 5.74) is 0. The van der Waals surface area contributed by atoms with Gasteiger partial charge in [0.2, 0.25) is 12.5 Å². The summed E-state index contributed by atoms with van der Waals surface area (Å²) in [5.74, 6) is -3.77. The topological polar surface area (TPSA) is 173 Å². The lowest BCUT2D eigenvalue weighted by atomic mass is 10.0. The molecule has 12 nitrogen and oxygen atoms in total. The molecule has 0 saturated carbocycles. The molecule has 0 aromatic rings. The largest absolute Gasteiger partial charge is 0.706 e. The minimum Gasteiger partial charge on any atom is -0.264 e. The van der Waals surface area contributed by atoms with Crippen LogP contribution in [0.2, 0.25) is 0 Å². The van der Waals surface area contributed by atoms with Crippen molar-refractivity contribution in [2.45, 2.75) is 38.0 Å². The molecule has 0 N–H and O–H groups in total. The van der Waals surface area contributed by atoms with Crippen LogP contribution in [0.15, 0.2) is 0 Å². The molecule has 1 atom stereocenters. The SMILES string of the molecule is CCCC(CC([N+](=O)[O-])([N+](=O)[O-])[N+](=O)[O-])[N+](=O)[O-]. The summed E-state index contributed by atoms with van der Waals surface area (Å²) in [7, 11) is 0. The van der Waals surface area contributed by atoms with Crippen LogP contribution in [-0.4, -0.2) is 31.5 Å². The third kappa shape index (κ3) is 2.83. The van der Waals surface area contributed by atoms with Crippen molar-refractivity contribution in [1.29, 1.82) is 0 Å². The fourth-order valence-electron chi connectivity index (χ4n) is 1.35. The fourth-order valence-corrected chi connectivity index (χ4v) is 1.35. The molecule has 0 radical (unpaired) electrons. The normalized spacial score (nSPS) is 12.7. The van der Waals surface area contributed by atoms with Gasteiger partial charge >= 0.3 is 5.79 Å². The molecule has 0 bridgehead atoms. The second-order valence-corrected chi connectivity index (χ2v) is 3.48. The van der Waals surface area contributed by atoms with Gasteiger partial charge in [-0.2, -0.15) is 0 Å². The van der Waals surface area contributed by atoms with Crippen LogP contribution >= 0.6 is 0 Å². The van der Waals surface area contributed by atoms with Gasteiger partial charge in [-0.05, 0) is 6.42 Å². The van der Waals surface area contributed by atoms with E-state index in [1.165, 1.54) is 6.92 Å². The van der Waals surface area contributed by atoms with Crippen LogP contribution in [-0.2, 0) is 0 Å². The first-order valence-corrected chi connectivity index (χ1v) is 4.77. The molecular weight excluding hydrogens is 256 g/mol.